The van der Waals surface area contributed by atoms with Crippen LogP contribution in [0.1, 0.15) is 40.3 Å². The molecule has 1 aliphatic carbocycles. The van der Waals surface area contributed by atoms with Crippen LogP contribution in [-0.4, -0.2) is 57.3 Å². The average molecular weight is 357 g/mol. The lowest BCUT2D eigenvalue weighted by Gasteiger charge is -2.23. The van der Waals surface area contributed by atoms with E-state index in [4.69, 9.17) is 4.74 Å². The fourth-order valence-corrected chi connectivity index (χ4v) is 3.81. The van der Waals surface area contributed by atoms with Gasteiger partial charge >= 0.3 is 0 Å². The van der Waals surface area contributed by atoms with E-state index < -0.39 is 0 Å². The first-order valence-electron chi connectivity index (χ1n) is 9.17. The topological polar surface area (TPSA) is 104 Å². The van der Waals surface area contributed by atoms with Crippen LogP contribution in [0.4, 0.5) is 0 Å². The van der Waals surface area contributed by atoms with Gasteiger partial charge in [0.05, 0.1) is 19.5 Å². The Kier molecular flexibility index (Phi) is 4.83. The van der Waals surface area contributed by atoms with Gasteiger partial charge in [-0.05, 0) is 32.1 Å². The van der Waals surface area contributed by atoms with E-state index >= 15 is 0 Å². The fraction of sp³-hybridized carbons (Fsp3) is 0.556. The van der Waals surface area contributed by atoms with Crippen molar-refractivity contribution in [3.63, 3.8) is 0 Å². The van der Waals surface area contributed by atoms with Gasteiger partial charge in [0.1, 0.15) is 0 Å². The first-order chi connectivity index (χ1) is 12.7. The van der Waals surface area contributed by atoms with Gasteiger partial charge in [-0.25, -0.2) is 4.98 Å². The van der Waals surface area contributed by atoms with Crippen LogP contribution in [0.15, 0.2) is 17.2 Å². The van der Waals surface area contributed by atoms with E-state index in [0.717, 1.165) is 36.9 Å². The summed E-state index contributed by atoms with van der Waals surface area (Å²) in [5.41, 5.74) is 3.30. The van der Waals surface area contributed by atoms with Gasteiger partial charge in [-0.15, -0.1) is 0 Å². The van der Waals surface area contributed by atoms with E-state index in [9.17, 15) is 9.59 Å². The molecule has 3 heterocycles. The summed E-state index contributed by atoms with van der Waals surface area (Å²) in [6, 6.07) is 1.50. The number of fused-ring (bicyclic) bond motifs is 1. The monoisotopic (exact) mass is 357 g/mol. The van der Waals surface area contributed by atoms with Gasteiger partial charge in [0.15, 0.2) is 5.69 Å². The molecule has 0 saturated carbocycles. The van der Waals surface area contributed by atoms with Crippen LogP contribution >= 0.6 is 0 Å². The lowest BCUT2D eigenvalue weighted by atomic mass is 9.95. The second kappa shape index (κ2) is 7.41. The van der Waals surface area contributed by atoms with Crippen molar-refractivity contribution in [2.24, 2.45) is 5.92 Å². The maximum absolute atomic E-state index is 13.1. The smallest absolute Gasteiger partial charge is 0.274 e. The summed E-state index contributed by atoms with van der Waals surface area (Å²) >= 11 is 0. The zero-order valence-corrected chi connectivity index (χ0v) is 14.7. The Morgan fingerprint density at radius 2 is 2.23 bits per heavy atom. The third-order valence-electron chi connectivity index (χ3n) is 5.12. The largest absolute Gasteiger partial charge is 0.379 e. The van der Waals surface area contributed by atoms with Crippen molar-refractivity contribution in [1.29, 1.82) is 0 Å². The molecule has 4 rings (SSSR count). The number of carbonyl (C=O) groups excluding carboxylic acids is 1. The average Bonchev–Trinajstić information content (AvgIpc) is 2.94. The summed E-state index contributed by atoms with van der Waals surface area (Å²) in [7, 11) is 0. The van der Waals surface area contributed by atoms with Gasteiger partial charge in [0.25, 0.3) is 11.5 Å². The predicted octanol–water partition coefficient (Wildman–Crippen LogP) is 0.703. The van der Waals surface area contributed by atoms with E-state index in [-0.39, 0.29) is 17.4 Å². The van der Waals surface area contributed by atoms with Crippen LogP contribution < -0.4 is 5.56 Å². The van der Waals surface area contributed by atoms with Gasteiger partial charge in [-0.1, -0.05) is 0 Å². The molecular weight excluding hydrogens is 334 g/mol. The molecule has 138 valence electrons. The fourth-order valence-electron chi connectivity index (χ4n) is 3.81. The lowest BCUT2D eigenvalue weighted by molar-refractivity contribution is 0.0730. The molecular formula is C18H23N5O3. The molecule has 8 heteroatoms. The first-order valence-corrected chi connectivity index (χ1v) is 9.17. The molecule has 1 atom stereocenters. The number of H-pyrrole nitrogens is 2. The van der Waals surface area contributed by atoms with Crippen molar-refractivity contribution in [3.8, 4) is 0 Å². The van der Waals surface area contributed by atoms with E-state index in [0.29, 0.717) is 44.1 Å². The van der Waals surface area contributed by atoms with Gasteiger partial charge in [-0.2, -0.15) is 5.10 Å². The van der Waals surface area contributed by atoms with Crippen LogP contribution in [-0.2, 0) is 24.0 Å². The molecule has 0 bridgehead atoms. The number of hydrogen-bond donors (Lipinski definition) is 2. The summed E-state index contributed by atoms with van der Waals surface area (Å²) < 4.78 is 5.68. The number of ether oxygens (including phenoxy) is 1. The Hall–Kier alpha value is -2.48. The molecule has 26 heavy (non-hydrogen) atoms. The maximum atomic E-state index is 13.1. The predicted molar refractivity (Wildman–Crippen MR) is 94.0 cm³/mol. The van der Waals surface area contributed by atoms with E-state index in [2.05, 4.69) is 20.2 Å². The van der Waals surface area contributed by atoms with Crippen LogP contribution in [0.3, 0.4) is 0 Å². The van der Waals surface area contributed by atoms with Crippen molar-refractivity contribution in [3.05, 3.63) is 45.4 Å². The molecule has 2 aromatic rings. The molecule has 0 spiro atoms. The lowest BCUT2D eigenvalue weighted by Crippen LogP contribution is -2.37. The quantitative estimate of drug-likeness (QED) is 0.842. The molecule has 8 nitrogen and oxygen atoms in total. The number of nitrogens with one attached hydrogen (secondary N) is 2. The van der Waals surface area contributed by atoms with Crippen molar-refractivity contribution in [2.75, 3.05) is 26.3 Å². The van der Waals surface area contributed by atoms with Gasteiger partial charge in [-0.3, -0.25) is 14.7 Å². The summed E-state index contributed by atoms with van der Waals surface area (Å²) in [6.45, 7) is 2.20. The molecule has 2 aliphatic rings. The molecule has 1 aliphatic heterocycles. The Morgan fingerprint density at radius 3 is 3.12 bits per heavy atom. The molecule has 0 radical (unpaired) electrons. The highest BCUT2D eigenvalue weighted by atomic mass is 16.5. The number of aromatic nitrogens is 4. The normalized spacial score (nSPS) is 20.5. The van der Waals surface area contributed by atoms with Crippen molar-refractivity contribution in [1.82, 2.24) is 25.1 Å². The first kappa shape index (κ1) is 17.0. The maximum Gasteiger partial charge on any atom is 0.274 e. The molecule has 0 aromatic carbocycles. The van der Waals surface area contributed by atoms with Gasteiger partial charge in [0.2, 0.25) is 0 Å². The highest BCUT2D eigenvalue weighted by Gasteiger charge is 2.28. The van der Waals surface area contributed by atoms with E-state index in [1.165, 1.54) is 12.4 Å². The van der Waals surface area contributed by atoms with Crippen LogP contribution in [0, 0.1) is 5.92 Å². The van der Waals surface area contributed by atoms with Crippen molar-refractivity contribution >= 4 is 5.91 Å². The Morgan fingerprint density at radius 1 is 1.35 bits per heavy atom. The van der Waals surface area contributed by atoms with Gasteiger partial charge < -0.3 is 14.6 Å². The molecule has 2 N–H and O–H groups in total. The van der Waals surface area contributed by atoms with Crippen LogP contribution in [0.2, 0.25) is 0 Å². The zero-order valence-electron chi connectivity index (χ0n) is 14.7. The number of hydrogen-bond acceptors (Lipinski definition) is 5. The van der Waals surface area contributed by atoms with Gasteiger partial charge in [0, 0.05) is 42.0 Å². The minimum atomic E-state index is -0.166. The number of carbonyl (C=O) groups is 1. The highest BCUT2D eigenvalue weighted by molar-refractivity contribution is 5.94. The Labute approximate surface area is 151 Å². The Balaban J connectivity index is 1.49. The molecule has 1 fully saturated rings. The highest BCUT2D eigenvalue weighted by Crippen LogP contribution is 2.24. The minimum Gasteiger partial charge on any atom is -0.379 e. The number of amides is 1. The Bertz CT molecular complexity index is 843. The van der Waals surface area contributed by atoms with Crippen LogP contribution in [0.5, 0.6) is 0 Å². The molecule has 1 saturated heterocycles. The third-order valence-corrected chi connectivity index (χ3v) is 5.12. The third kappa shape index (κ3) is 3.55. The van der Waals surface area contributed by atoms with Crippen molar-refractivity contribution in [2.45, 2.75) is 32.1 Å². The standard InChI is InChI=1S/C18H23N5O3/c24-16-8-13(19-11-20-16)7-12-9-23(5-6-26-10-12)18(25)17-14-3-1-2-4-15(14)21-22-17/h8,11-12H,1-7,9-10H2,(H,21,22)(H,19,20,24). The van der Waals surface area contributed by atoms with E-state index in [1.807, 2.05) is 4.90 Å². The van der Waals surface area contributed by atoms with E-state index in [1.54, 1.807) is 0 Å². The SMILES string of the molecule is O=C(c1n[nH]c2c1CCCC2)N1CCOCC(Cc2cc(=O)[nH]cn2)C1. The molecule has 2 aromatic heterocycles. The summed E-state index contributed by atoms with van der Waals surface area (Å²) in [5.74, 6) is 0.0734. The summed E-state index contributed by atoms with van der Waals surface area (Å²) in [6.07, 6.45) is 6.14. The number of aromatic amines is 2. The second-order valence-corrected chi connectivity index (χ2v) is 7.04. The molecule has 1 amide bonds. The number of nitrogens with zero attached hydrogens (tertiary/aromatic N) is 3. The van der Waals surface area contributed by atoms with Crippen molar-refractivity contribution < 1.29 is 9.53 Å². The summed E-state index contributed by atoms with van der Waals surface area (Å²) in [4.78, 5) is 33.1. The second-order valence-electron chi connectivity index (χ2n) is 7.04. The number of aryl methyl sites for hydroxylation is 1. The minimum absolute atomic E-state index is 0.0289. The zero-order chi connectivity index (χ0) is 17.9. The number of rotatable bonds is 3. The van der Waals surface area contributed by atoms with Crippen LogP contribution in [0.25, 0.3) is 0 Å². The summed E-state index contributed by atoms with van der Waals surface area (Å²) in [5, 5.41) is 7.35. The molecule has 1 unspecified atom stereocenters.